The van der Waals surface area contributed by atoms with E-state index in [1.807, 2.05) is 51.1 Å². The third kappa shape index (κ3) is 7.22. The van der Waals surface area contributed by atoms with E-state index in [4.69, 9.17) is 23.2 Å². The lowest BCUT2D eigenvalue weighted by Crippen LogP contribution is -2.49. The highest BCUT2D eigenvalue weighted by molar-refractivity contribution is 7.99. The molecule has 2 rings (SSSR count). The Balaban J connectivity index is 2.11. The number of amides is 2. The van der Waals surface area contributed by atoms with Crippen LogP contribution in [-0.2, 0) is 21.9 Å². The van der Waals surface area contributed by atoms with Gasteiger partial charge >= 0.3 is 0 Å². The normalized spacial score (nSPS) is 11.8. The summed E-state index contributed by atoms with van der Waals surface area (Å²) in [4.78, 5) is 27.4. The molecule has 0 aliphatic carbocycles. The van der Waals surface area contributed by atoms with Crippen molar-refractivity contribution in [1.82, 2.24) is 10.2 Å². The number of carbonyl (C=O) groups is 2. The maximum absolute atomic E-state index is 13.1. The average Bonchev–Trinajstić information content (AvgIpc) is 2.71. The van der Waals surface area contributed by atoms with Crippen molar-refractivity contribution in [2.45, 2.75) is 45.5 Å². The Morgan fingerprint density at radius 2 is 1.80 bits per heavy atom. The molecule has 0 aliphatic rings. The molecule has 0 aliphatic heterocycles. The Morgan fingerprint density at radius 1 is 1.10 bits per heavy atom. The van der Waals surface area contributed by atoms with E-state index in [1.54, 1.807) is 17.0 Å². The molecule has 1 N–H and O–H groups in total. The summed E-state index contributed by atoms with van der Waals surface area (Å²) in [7, 11) is 0. The number of hydrogen-bond donors (Lipinski definition) is 1. The molecule has 0 aromatic heterocycles. The fourth-order valence-corrected chi connectivity index (χ4v) is 4.54. The van der Waals surface area contributed by atoms with E-state index in [-0.39, 0.29) is 17.6 Å². The molecule has 162 valence electrons. The first-order valence-electron chi connectivity index (χ1n) is 10.00. The zero-order valence-corrected chi connectivity index (χ0v) is 19.9. The molecule has 1 atom stereocenters. The van der Waals surface area contributed by atoms with Crippen LogP contribution in [0.2, 0.25) is 10.0 Å². The number of aryl methyl sites for hydroxylation is 1. The second-order valence-electron chi connectivity index (χ2n) is 7.05. The molecule has 2 amide bonds. The van der Waals surface area contributed by atoms with Crippen molar-refractivity contribution in [3.8, 4) is 0 Å². The van der Waals surface area contributed by atoms with Crippen molar-refractivity contribution < 1.29 is 9.59 Å². The number of nitrogens with zero attached hydrogens (tertiary/aromatic N) is 1. The topological polar surface area (TPSA) is 49.4 Å². The second-order valence-corrected chi connectivity index (χ2v) is 8.88. The van der Waals surface area contributed by atoms with E-state index in [9.17, 15) is 9.59 Å². The quantitative estimate of drug-likeness (QED) is 0.504. The number of carbonyl (C=O) groups excluding carboxylic acids is 2. The first-order valence-corrected chi connectivity index (χ1v) is 11.9. The first-order chi connectivity index (χ1) is 14.3. The number of halogens is 2. The lowest BCUT2D eigenvalue weighted by Gasteiger charge is -2.30. The first kappa shape index (κ1) is 24.6. The summed E-state index contributed by atoms with van der Waals surface area (Å²) in [5.74, 6) is 0.675. The Labute approximate surface area is 193 Å². The molecular weight excluding hydrogens is 439 g/mol. The molecule has 2 aromatic carbocycles. The predicted octanol–water partition coefficient (Wildman–Crippen LogP) is 5.48. The van der Waals surface area contributed by atoms with Gasteiger partial charge < -0.3 is 10.2 Å². The van der Waals surface area contributed by atoms with E-state index < -0.39 is 6.04 Å². The molecule has 0 spiro atoms. The van der Waals surface area contributed by atoms with Crippen LogP contribution < -0.4 is 5.32 Å². The third-order valence-corrected chi connectivity index (χ3v) is 6.26. The van der Waals surface area contributed by atoms with Crippen LogP contribution in [-0.4, -0.2) is 35.1 Å². The minimum Gasteiger partial charge on any atom is -0.355 e. The van der Waals surface area contributed by atoms with Gasteiger partial charge in [0.15, 0.2) is 0 Å². The van der Waals surface area contributed by atoms with Gasteiger partial charge in [0.05, 0.1) is 5.75 Å². The van der Waals surface area contributed by atoms with Gasteiger partial charge in [0.2, 0.25) is 11.8 Å². The molecule has 0 bridgehead atoms. The molecule has 0 saturated heterocycles. The SMILES string of the molecule is CCNC(=O)[C@H](CC)N(Cc1ccc(C)cc1)C(=O)CSCc1ccc(Cl)cc1Cl. The molecule has 0 radical (unpaired) electrons. The zero-order valence-electron chi connectivity index (χ0n) is 17.6. The van der Waals surface area contributed by atoms with Crippen molar-refractivity contribution >= 4 is 46.8 Å². The molecule has 7 heteroatoms. The Morgan fingerprint density at radius 3 is 2.40 bits per heavy atom. The summed E-state index contributed by atoms with van der Waals surface area (Å²) < 4.78 is 0. The standard InChI is InChI=1S/C23H28Cl2N2O2S/c1-4-21(23(29)26-5-2)27(13-17-8-6-16(3)7-9-17)22(28)15-30-14-18-10-11-19(24)12-20(18)25/h6-12,21H,4-5,13-15H2,1-3H3,(H,26,29)/t21-/m0/s1. The lowest BCUT2D eigenvalue weighted by molar-refractivity contribution is -0.139. The molecule has 0 unspecified atom stereocenters. The monoisotopic (exact) mass is 466 g/mol. The van der Waals surface area contributed by atoms with Crippen LogP contribution in [0, 0.1) is 6.92 Å². The van der Waals surface area contributed by atoms with Crippen LogP contribution in [0.1, 0.15) is 37.0 Å². The minimum atomic E-state index is -0.501. The summed E-state index contributed by atoms with van der Waals surface area (Å²) in [6.45, 7) is 6.76. The second kappa shape index (κ2) is 12.2. The van der Waals surface area contributed by atoms with Crippen LogP contribution in [0.5, 0.6) is 0 Å². The number of nitrogens with one attached hydrogen (secondary N) is 1. The highest BCUT2D eigenvalue weighted by atomic mass is 35.5. The van der Waals surface area contributed by atoms with E-state index in [0.29, 0.717) is 35.3 Å². The largest absolute Gasteiger partial charge is 0.355 e. The molecule has 0 fully saturated rings. The maximum Gasteiger partial charge on any atom is 0.242 e. The summed E-state index contributed by atoms with van der Waals surface area (Å²) in [6.07, 6.45) is 0.553. The van der Waals surface area contributed by atoms with Crippen LogP contribution in [0.15, 0.2) is 42.5 Å². The molecule has 0 heterocycles. The summed E-state index contributed by atoms with van der Waals surface area (Å²) in [6, 6.07) is 12.9. The van der Waals surface area contributed by atoms with E-state index in [2.05, 4.69) is 5.32 Å². The number of likely N-dealkylation sites (N-methyl/N-ethyl adjacent to an activating group) is 1. The maximum atomic E-state index is 13.1. The average molecular weight is 467 g/mol. The van der Waals surface area contributed by atoms with Gasteiger partial charge in [0.1, 0.15) is 6.04 Å². The van der Waals surface area contributed by atoms with Crippen LogP contribution in [0.4, 0.5) is 0 Å². The van der Waals surface area contributed by atoms with Gasteiger partial charge in [-0.15, -0.1) is 11.8 Å². The van der Waals surface area contributed by atoms with E-state index >= 15 is 0 Å². The number of thioether (sulfide) groups is 1. The molecule has 2 aromatic rings. The van der Waals surface area contributed by atoms with Gasteiger partial charge in [0.25, 0.3) is 0 Å². The van der Waals surface area contributed by atoms with Crippen molar-refractivity contribution in [2.24, 2.45) is 0 Å². The Bertz CT molecular complexity index is 859. The Hall–Kier alpha value is -1.69. The van der Waals surface area contributed by atoms with Crippen molar-refractivity contribution in [2.75, 3.05) is 12.3 Å². The number of hydrogen-bond acceptors (Lipinski definition) is 3. The number of benzene rings is 2. The molecular formula is C23H28Cl2N2O2S. The van der Waals surface area contributed by atoms with Crippen LogP contribution in [0.3, 0.4) is 0 Å². The van der Waals surface area contributed by atoms with Crippen molar-refractivity contribution in [3.63, 3.8) is 0 Å². The third-order valence-electron chi connectivity index (χ3n) is 4.71. The smallest absolute Gasteiger partial charge is 0.242 e. The van der Waals surface area contributed by atoms with Gasteiger partial charge in [-0.2, -0.15) is 0 Å². The summed E-state index contributed by atoms with van der Waals surface area (Å²) >= 11 is 13.7. The van der Waals surface area contributed by atoms with Gasteiger partial charge in [-0.1, -0.05) is 66.0 Å². The van der Waals surface area contributed by atoms with Crippen LogP contribution in [0.25, 0.3) is 0 Å². The highest BCUT2D eigenvalue weighted by Gasteiger charge is 2.28. The number of rotatable bonds is 10. The predicted molar refractivity (Wildman–Crippen MR) is 127 cm³/mol. The molecule has 30 heavy (non-hydrogen) atoms. The van der Waals surface area contributed by atoms with Crippen LogP contribution >= 0.6 is 35.0 Å². The summed E-state index contributed by atoms with van der Waals surface area (Å²) in [5.41, 5.74) is 3.09. The van der Waals surface area contributed by atoms with Gasteiger partial charge in [-0.3, -0.25) is 9.59 Å². The fourth-order valence-electron chi connectivity index (χ4n) is 3.07. The van der Waals surface area contributed by atoms with Gasteiger partial charge in [-0.05, 0) is 43.5 Å². The van der Waals surface area contributed by atoms with Crippen molar-refractivity contribution in [3.05, 3.63) is 69.2 Å². The molecule has 4 nitrogen and oxygen atoms in total. The van der Waals surface area contributed by atoms with Gasteiger partial charge in [0, 0.05) is 28.9 Å². The minimum absolute atomic E-state index is 0.0660. The Kier molecular flexibility index (Phi) is 10.0. The van der Waals surface area contributed by atoms with Crippen molar-refractivity contribution in [1.29, 1.82) is 0 Å². The lowest BCUT2D eigenvalue weighted by atomic mass is 10.1. The van der Waals surface area contributed by atoms with E-state index in [1.165, 1.54) is 11.8 Å². The highest BCUT2D eigenvalue weighted by Crippen LogP contribution is 2.25. The summed E-state index contributed by atoms with van der Waals surface area (Å²) in [5, 5.41) is 4.03. The fraction of sp³-hybridized carbons (Fsp3) is 0.391. The van der Waals surface area contributed by atoms with E-state index in [0.717, 1.165) is 16.7 Å². The van der Waals surface area contributed by atoms with Gasteiger partial charge in [-0.25, -0.2) is 0 Å². The molecule has 0 saturated carbocycles. The zero-order chi connectivity index (χ0) is 22.1.